The van der Waals surface area contributed by atoms with Crippen molar-refractivity contribution in [3.05, 3.63) is 45.4 Å². The first-order chi connectivity index (χ1) is 7.58. The molecule has 0 aliphatic heterocycles. The number of aryl methyl sites for hydroxylation is 1. The van der Waals surface area contributed by atoms with Gasteiger partial charge in [-0.1, -0.05) is 11.6 Å². The average molecular weight is 239 g/mol. The minimum absolute atomic E-state index is 0.141. The van der Waals surface area contributed by atoms with Gasteiger partial charge < -0.3 is 0 Å². The molecule has 0 N–H and O–H groups in total. The molecule has 7 heteroatoms. The number of hydrogen-bond donors (Lipinski definition) is 0. The number of halogens is 1. The summed E-state index contributed by atoms with van der Waals surface area (Å²) in [4.78, 5) is 13.9. The third-order valence-corrected chi connectivity index (χ3v) is 2.24. The molecule has 6 nitrogen and oxygen atoms in total. The van der Waals surface area contributed by atoms with Crippen LogP contribution in [-0.2, 0) is 0 Å². The van der Waals surface area contributed by atoms with Gasteiger partial charge in [0, 0.05) is 12.3 Å². The largest absolute Gasteiger partial charge is 0.289 e. The summed E-state index contributed by atoms with van der Waals surface area (Å²) in [6.07, 6.45) is 2.84. The highest BCUT2D eigenvalue weighted by molar-refractivity contribution is 6.32. The Hall–Kier alpha value is -1.95. The Morgan fingerprint density at radius 2 is 2.31 bits per heavy atom. The van der Waals surface area contributed by atoms with Gasteiger partial charge in [0.1, 0.15) is 6.20 Å². The molecular weight excluding hydrogens is 232 g/mol. The second-order valence-corrected chi connectivity index (χ2v) is 3.56. The third kappa shape index (κ3) is 1.87. The molecule has 0 spiro atoms. The lowest BCUT2D eigenvalue weighted by Gasteiger charge is -2.02. The first kappa shape index (κ1) is 10.6. The van der Waals surface area contributed by atoms with Crippen molar-refractivity contribution in [3.8, 4) is 5.82 Å². The van der Waals surface area contributed by atoms with Crippen LogP contribution in [0.3, 0.4) is 0 Å². The number of nitro groups is 1. The van der Waals surface area contributed by atoms with Crippen LogP contribution in [0, 0.1) is 17.0 Å². The maximum absolute atomic E-state index is 10.5. The minimum Gasteiger partial charge on any atom is -0.258 e. The van der Waals surface area contributed by atoms with Crippen LogP contribution in [0.4, 0.5) is 5.69 Å². The molecule has 16 heavy (non-hydrogen) atoms. The number of pyridine rings is 1. The van der Waals surface area contributed by atoms with Crippen molar-refractivity contribution in [1.82, 2.24) is 14.8 Å². The highest BCUT2D eigenvalue weighted by Crippen LogP contribution is 2.22. The van der Waals surface area contributed by atoms with Gasteiger partial charge in [-0.15, -0.1) is 0 Å². The lowest BCUT2D eigenvalue weighted by Crippen LogP contribution is -2.00. The molecule has 2 aromatic heterocycles. The van der Waals surface area contributed by atoms with E-state index in [0.29, 0.717) is 5.82 Å². The highest BCUT2D eigenvalue weighted by atomic mass is 35.5. The normalized spacial score (nSPS) is 10.4. The van der Waals surface area contributed by atoms with Gasteiger partial charge in [0.25, 0.3) is 5.69 Å². The summed E-state index contributed by atoms with van der Waals surface area (Å²) in [5.74, 6) is 0.375. The van der Waals surface area contributed by atoms with Crippen molar-refractivity contribution in [2.75, 3.05) is 0 Å². The third-order valence-electron chi connectivity index (χ3n) is 1.96. The molecule has 0 saturated heterocycles. The zero-order chi connectivity index (χ0) is 11.7. The van der Waals surface area contributed by atoms with E-state index in [-0.39, 0.29) is 10.7 Å². The van der Waals surface area contributed by atoms with Crippen molar-refractivity contribution in [1.29, 1.82) is 0 Å². The maximum Gasteiger partial charge on any atom is 0.289 e. The fraction of sp³-hybridized carbons (Fsp3) is 0.111. The second kappa shape index (κ2) is 3.90. The van der Waals surface area contributed by atoms with Gasteiger partial charge in [-0.2, -0.15) is 5.10 Å². The maximum atomic E-state index is 10.5. The molecule has 2 rings (SSSR count). The Morgan fingerprint density at radius 1 is 1.56 bits per heavy atom. The molecule has 0 aromatic carbocycles. The summed E-state index contributed by atoms with van der Waals surface area (Å²) in [6.45, 7) is 1.83. The SMILES string of the molecule is Cc1ccn(-c2ncc([N+](=O)[O-])cc2Cl)n1. The molecule has 2 heterocycles. The highest BCUT2D eigenvalue weighted by Gasteiger charge is 2.12. The molecule has 0 atom stereocenters. The molecular formula is C9H7ClN4O2. The van der Waals surface area contributed by atoms with Gasteiger partial charge in [0.05, 0.1) is 15.6 Å². The van der Waals surface area contributed by atoms with E-state index in [2.05, 4.69) is 10.1 Å². The monoisotopic (exact) mass is 238 g/mol. The van der Waals surface area contributed by atoms with Crippen molar-refractivity contribution in [2.45, 2.75) is 6.92 Å². The predicted molar refractivity (Wildman–Crippen MR) is 57.8 cm³/mol. The van der Waals surface area contributed by atoms with E-state index in [1.54, 1.807) is 12.3 Å². The Bertz CT molecular complexity index is 552. The molecule has 0 amide bonds. The van der Waals surface area contributed by atoms with Crippen LogP contribution in [0.25, 0.3) is 5.82 Å². The number of nitrogens with zero attached hydrogens (tertiary/aromatic N) is 4. The molecule has 0 bridgehead atoms. The first-order valence-corrected chi connectivity index (χ1v) is 4.78. The molecule has 0 saturated carbocycles. The van der Waals surface area contributed by atoms with E-state index >= 15 is 0 Å². The van der Waals surface area contributed by atoms with Crippen LogP contribution in [-0.4, -0.2) is 19.7 Å². The van der Waals surface area contributed by atoms with Crippen LogP contribution in [0.1, 0.15) is 5.69 Å². The first-order valence-electron chi connectivity index (χ1n) is 4.40. The quantitative estimate of drug-likeness (QED) is 0.593. The van der Waals surface area contributed by atoms with Crippen molar-refractivity contribution in [3.63, 3.8) is 0 Å². The van der Waals surface area contributed by atoms with E-state index in [1.165, 1.54) is 10.7 Å². The zero-order valence-electron chi connectivity index (χ0n) is 8.29. The van der Waals surface area contributed by atoms with Crippen LogP contribution in [0.5, 0.6) is 0 Å². The molecule has 0 radical (unpaired) electrons. The molecule has 0 aliphatic carbocycles. The lowest BCUT2D eigenvalue weighted by molar-refractivity contribution is -0.385. The Balaban J connectivity index is 2.47. The van der Waals surface area contributed by atoms with Crippen LogP contribution >= 0.6 is 11.6 Å². The minimum atomic E-state index is -0.545. The average Bonchev–Trinajstić information content (AvgIpc) is 2.64. The Kier molecular flexibility index (Phi) is 2.57. The van der Waals surface area contributed by atoms with Gasteiger partial charge in [0.15, 0.2) is 5.82 Å². The molecule has 0 aliphatic rings. The van der Waals surface area contributed by atoms with Gasteiger partial charge in [-0.3, -0.25) is 10.1 Å². The molecule has 0 fully saturated rings. The summed E-state index contributed by atoms with van der Waals surface area (Å²) in [6, 6.07) is 3.04. The summed E-state index contributed by atoms with van der Waals surface area (Å²) < 4.78 is 1.47. The van der Waals surface area contributed by atoms with Crippen molar-refractivity contribution in [2.24, 2.45) is 0 Å². The van der Waals surface area contributed by atoms with E-state index in [9.17, 15) is 10.1 Å². The number of aromatic nitrogens is 3. The fourth-order valence-electron chi connectivity index (χ4n) is 1.22. The van der Waals surface area contributed by atoms with Crippen molar-refractivity contribution < 1.29 is 4.92 Å². The summed E-state index contributed by atoms with van der Waals surface area (Å²) in [5.41, 5.74) is 0.675. The van der Waals surface area contributed by atoms with Crippen LogP contribution < -0.4 is 0 Å². The van der Waals surface area contributed by atoms with Gasteiger partial charge in [-0.25, -0.2) is 9.67 Å². The molecule has 2 aromatic rings. The lowest BCUT2D eigenvalue weighted by atomic mass is 10.4. The molecule has 82 valence electrons. The van der Waals surface area contributed by atoms with E-state index < -0.39 is 4.92 Å². The van der Waals surface area contributed by atoms with Gasteiger partial charge >= 0.3 is 0 Å². The van der Waals surface area contributed by atoms with Crippen LogP contribution in [0.2, 0.25) is 5.02 Å². The van der Waals surface area contributed by atoms with E-state index in [1.807, 2.05) is 6.92 Å². The zero-order valence-corrected chi connectivity index (χ0v) is 9.05. The smallest absolute Gasteiger partial charge is 0.258 e. The standard InChI is InChI=1S/C9H7ClN4O2/c1-6-2-3-13(12-6)9-8(10)4-7(5-11-9)14(15)16/h2-5H,1H3. The van der Waals surface area contributed by atoms with Crippen molar-refractivity contribution >= 4 is 17.3 Å². The second-order valence-electron chi connectivity index (χ2n) is 3.16. The van der Waals surface area contributed by atoms with Crippen LogP contribution in [0.15, 0.2) is 24.5 Å². The summed E-state index contributed by atoms with van der Waals surface area (Å²) in [5, 5.41) is 14.8. The topological polar surface area (TPSA) is 73.8 Å². The Labute approximate surface area is 95.6 Å². The summed E-state index contributed by atoms with van der Waals surface area (Å²) >= 11 is 5.89. The molecule has 0 unspecified atom stereocenters. The number of rotatable bonds is 2. The van der Waals surface area contributed by atoms with Gasteiger partial charge in [-0.05, 0) is 13.0 Å². The van der Waals surface area contributed by atoms with Gasteiger partial charge in [0.2, 0.25) is 0 Å². The van der Waals surface area contributed by atoms with E-state index in [0.717, 1.165) is 11.9 Å². The Morgan fingerprint density at radius 3 is 2.81 bits per heavy atom. The summed E-state index contributed by atoms with van der Waals surface area (Å²) in [7, 11) is 0. The van der Waals surface area contributed by atoms with E-state index in [4.69, 9.17) is 11.6 Å². The fourth-order valence-corrected chi connectivity index (χ4v) is 1.47. The predicted octanol–water partition coefficient (Wildman–Crippen LogP) is 2.14. The number of hydrogen-bond acceptors (Lipinski definition) is 4.